The minimum atomic E-state index is 0.118. The van der Waals surface area contributed by atoms with Crippen LogP contribution in [0, 0.1) is 6.92 Å². The van der Waals surface area contributed by atoms with Gasteiger partial charge < -0.3 is 15.2 Å². The molecule has 0 heterocycles. The topological polar surface area (TPSA) is 44.5 Å². The van der Waals surface area contributed by atoms with E-state index in [0.29, 0.717) is 19.8 Å². The highest BCUT2D eigenvalue weighted by atomic mass is 35.5. The number of nitrogens with two attached hydrogens (primary N) is 1. The van der Waals surface area contributed by atoms with Crippen LogP contribution in [-0.4, -0.2) is 25.9 Å². The molecule has 4 heteroatoms. The summed E-state index contributed by atoms with van der Waals surface area (Å²) in [5.74, 6) is 0.846. The first kappa shape index (κ1) is 14.3. The fourth-order valence-electron chi connectivity index (χ4n) is 1.31. The Hall–Kier alpha value is -0.770. The molecule has 0 aromatic heterocycles. The molecule has 1 atom stereocenters. The molecule has 1 rings (SSSR count). The lowest BCUT2D eigenvalue weighted by Crippen LogP contribution is -2.21. The molecule has 0 spiro atoms. The fraction of sp³-hybridized carbons (Fsp3) is 0.538. The molecular weight excluding hydrogens is 238 g/mol. The van der Waals surface area contributed by atoms with Gasteiger partial charge in [-0.1, -0.05) is 11.6 Å². The highest BCUT2D eigenvalue weighted by Crippen LogP contribution is 2.20. The first-order chi connectivity index (χ1) is 8.13. The van der Waals surface area contributed by atoms with Crippen LogP contribution in [0.15, 0.2) is 18.2 Å². The second-order valence-corrected chi connectivity index (χ2v) is 4.44. The van der Waals surface area contributed by atoms with Gasteiger partial charge in [0.25, 0.3) is 0 Å². The standard InChI is InChI=1S/C13H20ClNO2/c1-10-8-12(4-5-13(10)14)17-7-3-6-16-11(2)9-15/h4-5,8,11H,3,6-7,9,15H2,1-2H3. The van der Waals surface area contributed by atoms with Gasteiger partial charge >= 0.3 is 0 Å². The third-order valence-electron chi connectivity index (χ3n) is 2.42. The molecule has 1 aromatic rings. The quantitative estimate of drug-likeness (QED) is 0.764. The Bertz CT molecular complexity index is 344. The van der Waals surface area contributed by atoms with Crippen molar-refractivity contribution in [2.75, 3.05) is 19.8 Å². The van der Waals surface area contributed by atoms with Crippen molar-refractivity contribution in [3.05, 3.63) is 28.8 Å². The largest absolute Gasteiger partial charge is 0.493 e. The fourth-order valence-corrected chi connectivity index (χ4v) is 1.43. The molecule has 0 saturated carbocycles. The number of halogens is 1. The molecule has 0 saturated heterocycles. The molecule has 0 aliphatic heterocycles. The monoisotopic (exact) mass is 257 g/mol. The number of rotatable bonds is 7. The Kier molecular flexibility index (Phi) is 6.34. The van der Waals surface area contributed by atoms with Crippen molar-refractivity contribution in [2.24, 2.45) is 5.73 Å². The van der Waals surface area contributed by atoms with Gasteiger partial charge in [0.05, 0.1) is 19.3 Å². The average molecular weight is 258 g/mol. The SMILES string of the molecule is Cc1cc(OCCCOC(C)CN)ccc1Cl. The van der Waals surface area contributed by atoms with Gasteiger partial charge in [-0.3, -0.25) is 0 Å². The zero-order valence-corrected chi connectivity index (χ0v) is 11.2. The van der Waals surface area contributed by atoms with Crippen LogP contribution in [0.2, 0.25) is 5.02 Å². The van der Waals surface area contributed by atoms with E-state index in [9.17, 15) is 0 Å². The van der Waals surface area contributed by atoms with E-state index < -0.39 is 0 Å². The maximum absolute atomic E-state index is 5.93. The molecule has 17 heavy (non-hydrogen) atoms. The molecule has 1 aromatic carbocycles. The van der Waals surface area contributed by atoms with Gasteiger partial charge in [-0.05, 0) is 37.6 Å². The van der Waals surface area contributed by atoms with Gasteiger partial charge in [0.1, 0.15) is 5.75 Å². The van der Waals surface area contributed by atoms with Gasteiger partial charge in [-0.2, -0.15) is 0 Å². The summed E-state index contributed by atoms with van der Waals surface area (Å²) in [4.78, 5) is 0. The first-order valence-corrected chi connectivity index (χ1v) is 6.22. The Labute approximate surface area is 108 Å². The lowest BCUT2D eigenvalue weighted by Gasteiger charge is -2.11. The van der Waals surface area contributed by atoms with Crippen molar-refractivity contribution in [1.82, 2.24) is 0 Å². The molecule has 1 unspecified atom stereocenters. The van der Waals surface area contributed by atoms with Crippen molar-refractivity contribution >= 4 is 11.6 Å². The Balaban J connectivity index is 2.20. The van der Waals surface area contributed by atoms with Gasteiger partial charge in [-0.15, -0.1) is 0 Å². The maximum Gasteiger partial charge on any atom is 0.119 e. The van der Waals surface area contributed by atoms with E-state index in [4.69, 9.17) is 26.8 Å². The Morgan fingerprint density at radius 3 is 2.76 bits per heavy atom. The second-order valence-electron chi connectivity index (χ2n) is 4.03. The molecular formula is C13H20ClNO2. The molecule has 0 bridgehead atoms. The summed E-state index contributed by atoms with van der Waals surface area (Å²) in [6.07, 6.45) is 0.971. The minimum absolute atomic E-state index is 0.118. The number of hydrogen-bond donors (Lipinski definition) is 1. The summed E-state index contributed by atoms with van der Waals surface area (Å²) in [5, 5.41) is 0.762. The highest BCUT2D eigenvalue weighted by Gasteiger charge is 2.00. The summed E-state index contributed by atoms with van der Waals surface area (Å²) < 4.78 is 11.0. The first-order valence-electron chi connectivity index (χ1n) is 5.84. The second kappa shape index (κ2) is 7.54. The molecule has 0 aliphatic carbocycles. The third-order valence-corrected chi connectivity index (χ3v) is 2.85. The summed E-state index contributed by atoms with van der Waals surface area (Å²) in [6.45, 7) is 5.78. The number of ether oxygens (including phenoxy) is 2. The molecule has 3 nitrogen and oxygen atoms in total. The van der Waals surface area contributed by atoms with Gasteiger partial charge in [0, 0.05) is 18.0 Å². The van der Waals surface area contributed by atoms with Crippen molar-refractivity contribution in [2.45, 2.75) is 26.4 Å². The maximum atomic E-state index is 5.93. The predicted octanol–water partition coefficient (Wildman–Crippen LogP) is 2.78. The van der Waals surface area contributed by atoms with Crippen LogP contribution in [0.25, 0.3) is 0 Å². The lowest BCUT2D eigenvalue weighted by atomic mass is 10.2. The van der Waals surface area contributed by atoms with Crippen molar-refractivity contribution in [3.8, 4) is 5.75 Å². The van der Waals surface area contributed by atoms with Gasteiger partial charge in [0.15, 0.2) is 0 Å². The molecule has 96 valence electrons. The predicted molar refractivity (Wildman–Crippen MR) is 70.8 cm³/mol. The van der Waals surface area contributed by atoms with Crippen molar-refractivity contribution < 1.29 is 9.47 Å². The van der Waals surface area contributed by atoms with Crippen molar-refractivity contribution in [1.29, 1.82) is 0 Å². The van der Waals surface area contributed by atoms with Crippen LogP contribution < -0.4 is 10.5 Å². The van der Waals surface area contributed by atoms with Crippen molar-refractivity contribution in [3.63, 3.8) is 0 Å². The Morgan fingerprint density at radius 1 is 1.35 bits per heavy atom. The Morgan fingerprint density at radius 2 is 2.12 bits per heavy atom. The summed E-state index contributed by atoms with van der Waals surface area (Å²) in [7, 11) is 0. The minimum Gasteiger partial charge on any atom is -0.493 e. The molecule has 2 N–H and O–H groups in total. The van der Waals surface area contributed by atoms with E-state index >= 15 is 0 Å². The van der Waals surface area contributed by atoms with E-state index in [1.165, 1.54) is 0 Å². The summed E-state index contributed by atoms with van der Waals surface area (Å²) in [6, 6.07) is 5.66. The van der Waals surface area contributed by atoms with E-state index in [0.717, 1.165) is 22.8 Å². The summed E-state index contributed by atoms with van der Waals surface area (Å²) >= 11 is 5.93. The van der Waals surface area contributed by atoms with Crippen LogP contribution in [0.5, 0.6) is 5.75 Å². The van der Waals surface area contributed by atoms with Gasteiger partial charge in [0.2, 0.25) is 0 Å². The average Bonchev–Trinajstić information content (AvgIpc) is 2.33. The van der Waals surface area contributed by atoms with Gasteiger partial charge in [-0.25, -0.2) is 0 Å². The highest BCUT2D eigenvalue weighted by molar-refractivity contribution is 6.31. The van der Waals surface area contributed by atoms with Crippen LogP contribution >= 0.6 is 11.6 Å². The molecule has 0 amide bonds. The molecule has 0 fully saturated rings. The van der Waals surface area contributed by atoms with E-state index in [2.05, 4.69) is 0 Å². The lowest BCUT2D eigenvalue weighted by molar-refractivity contribution is 0.0631. The van der Waals surface area contributed by atoms with Crippen LogP contribution in [0.1, 0.15) is 18.9 Å². The third kappa shape index (κ3) is 5.39. The molecule has 0 aliphatic rings. The number of aryl methyl sites for hydroxylation is 1. The normalized spacial score (nSPS) is 12.5. The number of hydrogen-bond acceptors (Lipinski definition) is 3. The van der Waals surface area contributed by atoms with Crippen LogP contribution in [0.3, 0.4) is 0 Å². The van der Waals surface area contributed by atoms with Crippen LogP contribution in [0.4, 0.5) is 0 Å². The number of benzene rings is 1. The zero-order chi connectivity index (χ0) is 12.7. The van der Waals surface area contributed by atoms with E-state index in [-0.39, 0.29) is 6.10 Å². The zero-order valence-electron chi connectivity index (χ0n) is 10.4. The van der Waals surface area contributed by atoms with E-state index in [1.54, 1.807) is 0 Å². The molecule has 0 radical (unpaired) electrons. The summed E-state index contributed by atoms with van der Waals surface area (Å²) in [5.41, 5.74) is 6.47. The smallest absolute Gasteiger partial charge is 0.119 e. The van der Waals surface area contributed by atoms with E-state index in [1.807, 2.05) is 32.0 Å². The van der Waals surface area contributed by atoms with Crippen LogP contribution in [-0.2, 0) is 4.74 Å².